The van der Waals surface area contributed by atoms with E-state index in [2.05, 4.69) is 15.0 Å². The maximum Gasteiger partial charge on any atom is 0.283 e. The highest BCUT2D eigenvalue weighted by Crippen LogP contribution is 2.03. The van der Waals surface area contributed by atoms with Crippen LogP contribution in [-0.2, 0) is 10.1 Å². The first-order chi connectivity index (χ1) is 6.53. The average molecular weight is 220 g/mol. The van der Waals surface area contributed by atoms with Crippen LogP contribution in [0.15, 0.2) is 12.7 Å². The molecule has 2 N–H and O–H groups in total. The highest BCUT2D eigenvalue weighted by atomic mass is 32.2. The average Bonchev–Trinajstić information content (AvgIpc) is 2.14. The lowest BCUT2D eigenvalue weighted by molar-refractivity contribution is 0.292. The third kappa shape index (κ3) is 3.20. The number of aliphatic hydroxyl groups excluding tert-OH is 1. The van der Waals surface area contributed by atoms with Crippen molar-refractivity contribution in [2.24, 2.45) is 0 Å². The molecule has 9 heteroatoms. The van der Waals surface area contributed by atoms with Crippen LogP contribution in [0.3, 0.4) is 0 Å². The van der Waals surface area contributed by atoms with Crippen LogP contribution in [-0.4, -0.2) is 45.6 Å². The van der Waals surface area contributed by atoms with Crippen LogP contribution in [0, 0.1) is 0 Å². The number of aliphatic hydroxyl groups is 1. The first-order valence-electron chi connectivity index (χ1n) is 3.46. The Morgan fingerprint density at radius 3 is 2.36 bits per heavy atom. The van der Waals surface area contributed by atoms with Gasteiger partial charge in [-0.05, 0) is 0 Å². The van der Waals surface area contributed by atoms with Crippen LogP contribution in [0.2, 0.25) is 0 Å². The quantitative estimate of drug-likeness (QED) is 0.463. The van der Waals surface area contributed by atoms with Crippen molar-refractivity contribution >= 4 is 16.1 Å². The van der Waals surface area contributed by atoms with Crippen LogP contribution in [0.4, 0.5) is 5.95 Å². The molecule has 0 saturated heterocycles. The Hall–Kier alpha value is -1.32. The van der Waals surface area contributed by atoms with Crippen molar-refractivity contribution in [3.8, 4) is 0 Å². The van der Waals surface area contributed by atoms with Crippen molar-refractivity contribution < 1.29 is 18.1 Å². The minimum atomic E-state index is -4.22. The summed E-state index contributed by atoms with van der Waals surface area (Å²) < 4.78 is 29.5. The predicted molar refractivity (Wildman–Crippen MR) is 45.8 cm³/mol. The van der Waals surface area contributed by atoms with Crippen LogP contribution in [0.1, 0.15) is 0 Å². The van der Waals surface area contributed by atoms with Gasteiger partial charge in [0.25, 0.3) is 10.1 Å². The Balaban J connectivity index is 2.84. The molecule has 0 bridgehead atoms. The van der Waals surface area contributed by atoms with E-state index in [0.717, 1.165) is 17.6 Å². The molecule has 0 saturated carbocycles. The van der Waals surface area contributed by atoms with Crippen LogP contribution >= 0.6 is 0 Å². The molecular formula is C5H8N4O4S. The maximum absolute atomic E-state index is 10.5. The number of hydrogen-bond donors (Lipinski definition) is 2. The monoisotopic (exact) mass is 220 g/mol. The Morgan fingerprint density at radius 2 is 1.93 bits per heavy atom. The molecule has 0 atom stereocenters. The SMILES string of the molecule is O=S(=O)(O)CN(CO)c1ncncn1. The summed E-state index contributed by atoms with van der Waals surface area (Å²) >= 11 is 0. The van der Waals surface area contributed by atoms with E-state index in [1.165, 1.54) is 0 Å². The van der Waals surface area contributed by atoms with E-state index >= 15 is 0 Å². The fourth-order valence-corrected chi connectivity index (χ4v) is 1.35. The summed E-state index contributed by atoms with van der Waals surface area (Å²) in [6, 6.07) is 0. The minimum absolute atomic E-state index is 0.0277. The van der Waals surface area contributed by atoms with Gasteiger partial charge in [0.15, 0.2) is 5.88 Å². The fourth-order valence-electron chi connectivity index (χ4n) is 0.755. The Bertz CT molecular complexity index is 380. The zero-order chi connectivity index (χ0) is 10.6. The van der Waals surface area contributed by atoms with Crippen molar-refractivity contribution in [1.82, 2.24) is 15.0 Å². The first-order valence-corrected chi connectivity index (χ1v) is 5.07. The summed E-state index contributed by atoms with van der Waals surface area (Å²) in [5.74, 6) is -0.798. The molecule has 0 aromatic carbocycles. The molecule has 0 radical (unpaired) electrons. The van der Waals surface area contributed by atoms with E-state index in [1.54, 1.807) is 0 Å². The predicted octanol–water partition coefficient (Wildman–Crippen LogP) is -1.53. The van der Waals surface area contributed by atoms with E-state index in [4.69, 9.17) is 9.66 Å². The van der Waals surface area contributed by atoms with Gasteiger partial charge in [0.1, 0.15) is 19.4 Å². The summed E-state index contributed by atoms with van der Waals surface area (Å²) in [7, 11) is -4.22. The number of anilines is 1. The van der Waals surface area contributed by atoms with Gasteiger partial charge in [0.05, 0.1) is 0 Å². The molecule has 0 spiro atoms. The van der Waals surface area contributed by atoms with E-state index in [0.29, 0.717) is 0 Å². The molecule has 0 amide bonds. The number of nitrogens with zero attached hydrogens (tertiary/aromatic N) is 4. The molecule has 0 fully saturated rings. The molecule has 14 heavy (non-hydrogen) atoms. The fraction of sp³-hybridized carbons (Fsp3) is 0.400. The van der Waals surface area contributed by atoms with Crippen LogP contribution in [0.5, 0.6) is 0 Å². The van der Waals surface area contributed by atoms with Gasteiger partial charge in [-0.3, -0.25) is 4.55 Å². The third-order valence-electron chi connectivity index (χ3n) is 1.25. The summed E-state index contributed by atoms with van der Waals surface area (Å²) in [6.07, 6.45) is 2.30. The molecular weight excluding hydrogens is 212 g/mol. The van der Waals surface area contributed by atoms with Crippen molar-refractivity contribution in [2.45, 2.75) is 0 Å². The van der Waals surface area contributed by atoms with Crippen molar-refractivity contribution in [3.63, 3.8) is 0 Å². The van der Waals surface area contributed by atoms with Gasteiger partial charge in [-0.15, -0.1) is 0 Å². The van der Waals surface area contributed by atoms with Crippen LogP contribution in [0.25, 0.3) is 0 Å². The zero-order valence-electron chi connectivity index (χ0n) is 6.98. The van der Waals surface area contributed by atoms with Gasteiger partial charge in [0, 0.05) is 0 Å². The molecule has 1 heterocycles. The highest BCUT2D eigenvalue weighted by Gasteiger charge is 2.15. The standard InChI is InChI=1S/C5H8N4O4S/c10-3-9(4-14(11,12)13)5-7-1-6-2-8-5/h1-2,10H,3-4H2,(H,11,12,13). The van der Waals surface area contributed by atoms with Crippen molar-refractivity contribution in [1.29, 1.82) is 0 Å². The van der Waals surface area contributed by atoms with Gasteiger partial charge in [-0.1, -0.05) is 0 Å². The van der Waals surface area contributed by atoms with Gasteiger partial charge < -0.3 is 10.0 Å². The minimum Gasteiger partial charge on any atom is -0.376 e. The van der Waals surface area contributed by atoms with Gasteiger partial charge in [-0.2, -0.15) is 8.42 Å². The van der Waals surface area contributed by atoms with Gasteiger partial charge in [0.2, 0.25) is 5.95 Å². The lowest BCUT2D eigenvalue weighted by Crippen LogP contribution is -2.31. The van der Waals surface area contributed by atoms with E-state index in [1.807, 2.05) is 0 Å². The third-order valence-corrected chi connectivity index (χ3v) is 1.89. The molecule has 0 aliphatic heterocycles. The van der Waals surface area contributed by atoms with Crippen LogP contribution < -0.4 is 4.90 Å². The lowest BCUT2D eigenvalue weighted by atomic mass is 10.8. The largest absolute Gasteiger partial charge is 0.376 e. The molecule has 78 valence electrons. The second-order valence-electron chi connectivity index (χ2n) is 2.33. The highest BCUT2D eigenvalue weighted by molar-refractivity contribution is 7.85. The number of rotatable bonds is 4. The van der Waals surface area contributed by atoms with Gasteiger partial charge in [-0.25, -0.2) is 15.0 Å². The molecule has 1 aromatic rings. The molecule has 1 aromatic heterocycles. The second-order valence-corrected chi connectivity index (χ2v) is 3.75. The Morgan fingerprint density at radius 1 is 1.36 bits per heavy atom. The Kier molecular flexibility index (Phi) is 3.28. The molecule has 0 aliphatic carbocycles. The summed E-state index contributed by atoms with van der Waals surface area (Å²) in [5, 5.41) is 8.79. The van der Waals surface area contributed by atoms with Crippen molar-refractivity contribution in [3.05, 3.63) is 12.7 Å². The molecule has 0 unspecified atom stereocenters. The molecule has 0 aliphatic rings. The maximum atomic E-state index is 10.5. The Labute approximate surface area is 80.0 Å². The topological polar surface area (TPSA) is 117 Å². The van der Waals surface area contributed by atoms with E-state index in [9.17, 15) is 8.42 Å². The summed E-state index contributed by atoms with van der Waals surface area (Å²) in [4.78, 5) is 11.6. The smallest absolute Gasteiger partial charge is 0.283 e. The second kappa shape index (κ2) is 4.26. The molecule has 8 nitrogen and oxygen atoms in total. The first kappa shape index (κ1) is 10.8. The molecule has 1 rings (SSSR count). The van der Waals surface area contributed by atoms with E-state index < -0.39 is 22.7 Å². The summed E-state index contributed by atoms with van der Waals surface area (Å²) in [6.45, 7) is -0.621. The normalized spacial score (nSPS) is 11.3. The summed E-state index contributed by atoms with van der Waals surface area (Å²) in [5.41, 5.74) is 0. The number of aromatic nitrogens is 3. The van der Waals surface area contributed by atoms with Crippen molar-refractivity contribution in [2.75, 3.05) is 17.5 Å². The number of hydrogen-bond acceptors (Lipinski definition) is 7. The van der Waals surface area contributed by atoms with Gasteiger partial charge >= 0.3 is 0 Å². The zero-order valence-corrected chi connectivity index (χ0v) is 7.79. The lowest BCUT2D eigenvalue weighted by Gasteiger charge is -2.16. The van der Waals surface area contributed by atoms with E-state index in [-0.39, 0.29) is 5.95 Å².